The molecule has 2 aromatic rings. The zero-order chi connectivity index (χ0) is 22.4. The van der Waals surface area contributed by atoms with Crippen LogP contribution in [0.1, 0.15) is 37.5 Å². The third-order valence-corrected chi connectivity index (χ3v) is 6.36. The van der Waals surface area contributed by atoms with Crippen molar-refractivity contribution in [1.29, 1.82) is 0 Å². The van der Waals surface area contributed by atoms with Gasteiger partial charge in [-0.3, -0.25) is 9.59 Å². The van der Waals surface area contributed by atoms with Gasteiger partial charge in [0.25, 0.3) is 5.91 Å². The van der Waals surface area contributed by atoms with Crippen LogP contribution in [0, 0.1) is 13.8 Å². The number of hydrogen-bond donors (Lipinski definition) is 1. The molecule has 0 aliphatic heterocycles. The average molecular weight is 540 g/mol. The predicted molar refractivity (Wildman–Crippen MR) is 127 cm³/mol. The summed E-state index contributed by atoms with van der Waals surface area (Å²) in [6.45, 7) is 9.65. The summed E-state index contributed by atoms with van der Waals surface area (Å²) in [5.41, 5.74) is 3.00. The fourth-order valence-corrected chi connectivity index (χ4v) is 3.71. The Hall–Kier alpha value is -1.86. The third-order valence-electron chi connectivity index (χ3n) is 4.61. The summed E-state index contributed by atoms with van der Waals surface area (Å²) >= 11 is 6.99. The minimum atomic E-state index is -0.629. The first-order chi connectivity index (χ1) is 14.1. The normalized spacial score (nSPS) is 11.9. The number of ether oxygens (including phenoxy) is 1. The van der Waals surface area contributed by atoms with Crippen LogP contribution in [-0.2, 0) is 16.1 Å². The average Bonchev–Trinajstić information content (AvgIpc) is 2.67. The molecule has 0 fully saturated rings. The molecule has 0 saturated heterocycles. The summed E-state index contributed by atoms with van der Waals surface area (Å²) in [7, 11) is 0. The summed E-state index contributed by atoms with van der Waals surface area (Å²) in [6, 6.07) is 10.8. The molecule has 0 aliphatic rings. The number of rotatable bonds is 8. The number of halogens is 2. The number of aryl methyl sites for hydroxylation is 2. The van der Waals surface area contributed by atoms with E-state index in [0.29, 0.717) is 12.3 Å². The van der Waals surface area contributed by atoms with Gasteiger partial charge in [-0.15, -0.1) is 0 Å². The number of hydrogen-bond acceptors (Lipinski definition) is 3. The number of amides is 2. The maximum absolute atomic E-state index is 13.1. The molecule has 0 saturated carbocycles. The van der Waals surface area contributed by atoms with Crippen LogP contribution in [0.15, 0.2) is 45.3 Å². The molecule has 0 heterocycles. The molecule has 2 amide bonds. The second-order valence-electron chi connectivity index (χ2n) is 7.65. The number of nitrogens with zero attached hydrogens (tertiary/aromatic N) is 1. The van der Waals surface area contributed by atoms with Gasteiger partial charge in [0.15, 0.2) is 6.61 Å². The molecular formula is C23H28Br2N2O3. The van der Waals surface area contributed by atoms with Gasteiger partial charge in [0, 0.05) is 21.5 Å². The van der Waals surface area contributed by atoms with Crippen LogP contribution in [0.4, 0.5) is 0 Å². The van der Waals surface area contributed by atoms with Crippen molar-refractivity contribution in [3.8, 4) is 5.75 Å². The Kier molecular flexibility index (Phi) is 8.92. The van der Waals surface area contributed by atoms with Crippen molar-refractivity contribution in [2.45, 2.75) is 53.2 Å². The summed E-state index contributed by atoms with van der Waals surface area (Å²) in [5, 5.41) is 2.88. The van der Waals surface area contributed by atoms with Crippen LogP contribution >= 0.6 is 31.9 Å². The summed E-state index contributed by atoms with van der Waals surface area (Å²) in [6.07, 6.45) is 0. The van der Waals surface area contributed by atoms with E-state index in [1.165, 1.54) is 0 Å². The second kappa shape index (κ2) is 11.0. The maximum Gasteiger partial charge on any atom is 0.261 e. The van der Waals surface area contributed by atoms with Gasteiger partial charge in [0.05, 0.1) is 0 Å². The second-order valence-corrected chi connectivity index (χ2v) is 9.36. The zero-order valence-electron chi connectivity index (χ0n) is 18.0. The van der Waals surface area contributed by atoms with Crippen LogP contribution in [0.25, 0.3) is 0 Å². The molecule has 2 aromatic carbocycles. The number of benzene rings is 2. The van der Waals surface area contributed by atoms with Crippen LogP contribution in [0.3, 0.4) is 0 Å². The lowest BCUT2D eigenvalue weighted by Gasteiger charge is -2.29. The van der Waals surface area contributed by atoms with Crippen LogP contribution in [-0.4, -0.2) is 35.4 Å². The topological polar surface area (TPSA) is 58.6 Å². The Morgan fingerprint density at radius 1 is 1.07 bits per heavy atom. The van der Waals surface area contributed by atoms with Crippen molar-refractivity contribution in [2.75, 3.05) is 6.61 Å². The Balaban J connectivity index is 2.19. The predicted octanol–water partition coefficient (Wildman–Crippen LogP) is 5.15. The fraction of sp³-hybridized carbons (Fsp3) is 0.391. The van der Waals surface area contributed by atoms with Gasteiger partial charge in [-0.1, -0.05) is 44.0 Å². The van der Waals surface area contributed by atoms with E-state index >= 15 is 0 Å². The Morgan fingerprint density at radius 3 is 2.27 bits per heavy atom. The van der Waals surface area contributed by atoms with Crippen LogP contribution in [0.5, 0.6) is 5.75 Å². The quantitative estimate of drug-likeness (QED) is 0.504. The monoisotopic (exact) mass is 538 g/mol. The van der Waals surface area contributed by atoms with E-state index < -0.39 is 6.04 Å². The highest BCUT2D eigenvalue weighted by Crippen LogP contribution is 2.26. The molecule has 0 aliphatic carbocycles. The lowest BCUT2D eigenvalue weighted by molar-refractivity contribution is -0.142. The Bertz CT molecular complexity index is 892. The van der Waals surface area contributed by atoms with Gasteiger partial charge in [0.2, 0.25) is 5.91 Å². The zero-order valence-corrected chi connectivity index (χ0v) is 21.1. The molecule has 0 radical (unpaired) electrons. The number of carbonyl (C=O) groups excluding carboxylic acids is 2. The smallest absolute Gasteiger partial charge is 0.261 e. The highest BCUT2D eigenvalue weighted by molar-refractivity contribution is 9.10. The molecule has 1 unspecified atom stereocenters. The van der Waals surface area contributed by atoms with Gasteiger partial charge in [-0.05, 0) is 75.6 Å². The van der Waals surface area contributed by atoms with Crippen molar-refractivity contribution in [3.63, 3.8) is 0 Å². The first-order valence-corrected chi connectivity index (χ1v) is 11.4. The van der Waals surface area contributed by atoms with E-state index in [0.717, 1.165) is 25.6 Å². The van der Waals surface area contributed by atoms with Gasteiger partial charge < -0.3 is 15.0 Å². The van der Waals surface area contributed by atoms with E-state index in [1.54, 1.807) is 11.8 Å². The van der Waals surface area contributed by atoms with E-state index in [2.05, 4.69) is 37.2 Å². The van der Waals surface area contributed by atoms with E-state index in [9.17, 15) is 9.59 Å². The molecule has 5 nitrogen and oxygen atoms in total. The fourth-order valence-electron chi connectivity index (χ4n) is 3.04. The van der Waals surface area contributed by atoms with Crippen molar-refractivity contribution in [3.05, 3.63) is 62.0 Å². The summed E-state index contributed by atoms with van der Waals surface area (Å²) in [4.78, 5) is 27.2. The van der Waals surface area contributed by atoms with Crippen LogP contribution < -0.4 is 10.1 Å². The summed E-state index contributed by atoms with van der Waals surface area (Å²) < 4.78 is 7.73. The van der Waals surface area contributed by atoms with Gasteiger partial charge >= 0.3 is 0 Å². The highest BCUT2D eigenvalue weighted by Gasteiger charge is 2.27. The minimum Gasteiger partial charge on any atom is -0.484 e. The SMILES string of the molecule is Cc1cc(OCC(=O)N(Cc2cccc(Br)c2)C(C)C(=O)NC(C)C)cc(C)c1Br. The Morgan fingerprint density at radius 2 is 1.70 bits per heavy atom. The molecule has 1 N–H and O–H groups in total. The van der Waals surface area contributed by atoms with Crippen LogP contribution in [0.2, 0.25) is 0 Å². The van der Waals surface area contributed by atoms with E-state index in [4.69, 9.17) is 4.74 Å². The van der Waals surface area contributed by atoms with E-state index in [1.807, 2.05) is 64.1 Å². The lowest BCUT2D eigenvalue weighted by Crippen LogP contribution is -2.50. The highest BCUT2D eigenvalue weighted by atomic mass is 79.9. The maximum atomic E-state index is 13.1. The summed E-state index contributed by atoms with van der Waals surface area (Å²) in [5.74, 6) is 0.187. The van der Waals surface area contributed by atoms with Gasteiger partial charge in [-0.25, -0.2) is 0 Å². The van der Waals surface area contributed by atoms with E-state index in [-0.39, 0.29) is 24.5 Å². The molecular weight excluding hydrogens is 512 g/mol. The first kappa shape index (κ1) is 24.4. The van der Waals surface area contributed by atoms with Gasteiger partial charge in [0.1, 0.15) is 11.8 Å². The lowest BCUT2D eigenvalue weighted by atomic mass is 10.1. The molecule has 0 spiro atoms. The molecule has 0 bridgehead atoms. The Labute approximate surface area is 195 Å². The molecule has 7 heteroatoms. The van der Waals surface area contributed by atoms with Gasteiger partial charge in [-0.2, -0.15) is 0 Å². The largest absolute Gasteiger partial charge is 0.484 e. The standard InChI is InChI=1S/C23H28Br2N2O3/c1-14(2)26-23(29)17(5)27(12-18-7-6-8-19(24)11-18)21(28)13-30-20-9-15(3)22(25)16(4)10-20/h6-11,14,17H,12-13H2,1-5H3,(H,26,29). The van der Waals surface area contributed by atoms with Crippen molar-refractivity contribution < 1.29 is 14.3 Å². The molecule has 162 valence electrons. The van der Waals surface area contributed by atoms with Crippen molar-refractivity contribution in [1.82, 2.24) is 10.2 Å². The molecule has 0 aromatic heterocycles. The van der Waals surface area contributed by atoms with Crippen molar-refractivity contribution >= 4 is 43.7 Å². The number of carbonyl (C=O) groups is 2. The molecule has 2 rings (SSSR count). The first-order valence-electron chi connectivity index (χ1n) is 9.82. The number of nitrogens with one attached hydrogen (secondary N) is 1. The van der Waals surface area contributed by atoms with Crippen molar-refractivity contribution in [2.24, 2.45) is 0 Å². The molecule has 30 heavy (non-hydrogen) atoms. The molecule has 1 atom stereocenters. The minimum absolute atomic E-state index is 0.00672. The third kappa shape index (κ3) is 6.84.